The Morgan fingerprint density at radius 2 is 2.00 bits per heavy atom. The van der Waals surface area contributed by atoms with Crippen molar-refractivity contribution >= 4 is 17.3 Å². The molecule has 0 aliphatic heterocycles. The highest BCUT2D eigenvalue weighted by molar-refractivity contribution is 6.18. The number of alkyl halides is 1. The highest BCUT2D eigenvalue weighted by Crippen LogP contribution is 2.21. The van der Waals surface area contributed by atoms with Gasteiger partial charge in [0.25, 0.3) is 0 Å². The van der Waals surface area contributed by atoms with E-state index in [4.69, 9.17) is 17.3 Å². The second-order valence-electron chi connectivity index (χ2n) is 3.34. The van der Waals surface area contributed by atoms with E-state index in [1.54, 1.807) is 18.2 Å². The number of aliphatic hydroxyl groups excluding tert-OH is 2. The molecule has 0 amide bonds. The highest BCUT2D eigenvalue weighted by atomic mass is 35.5. The molecule has 0 saturated carbocycles. The minimum Gasteiger partial charge on any atom is -0.399 e. The number of nitrogen functional groups attached to an aromatic ring is 1. The lowest BCUT2D eigenvalue weighted by atomic mass is 10.0. The molecule has 0 bridgehead atoms. The van der Waals surface area contributed by atoms with Gasteiger partial charge in [0.2, 0.25) is 0 Å². The van der Waals surface area contributed by atoms with Crippen molar-refractivity contribution in [3.63, 3.8) is 0 Å². The van der Waals surface area contributed by atoms with E-state index >= 15 is 0 Å². The molecule has 0 spiro atoms. The SMILES string of the molecule is Cc1cc(N)cc(C(O)C(O)CCl)c1. The maximum absolute atomic E-state index is 9.65. The van der Waals surface area contributed by atoms with Crippen LogP contribution in [0.25, 0.3) is 0 Å². The molecule has 0 aromatic heterocycles. The molecule has 0 aliphatic rings. The molecular weight excluding hydrogens is 202 g/mol. The summed E-state index contributed by atoms with van der Waals surface area (Å²) in [5.74, 6) is -0.00495. The number of hydrogen-bond donors (Lipinski definition) is 3. The van der Waals surface area contributed by atoms with Crippen LogP contribution in [0.1, 0.15) is 17.2 Å². The Labute approximate surface area is 88.1 Å². The summed E-state index contributed by atoms with van der Waals surface area (Å²) in [6.07, 6.45) is -1.94. The zero-order valence-corrected chi connectivity index (χ0v) is 8.70. The molecule has 1 aromatic rings. The Morgan fingerprint density at radius 3 is 2.50 bits per heavy atom. The highest BCUT2D eigenvalue weighted by Gasteiger charge is 2.17. The number of halogens is 1. The second-order valence-corrected chi connectivity index (χ2v) is 3.65. The number of benzene rings is 1. The normalized spacial score (nSPS) is 15.1. The summed E-state index contributed by atoms with van der Waals surface area (Å²) in [4.78, 5) is 0. The van der Waals surface area contributed by atoms with Crippen LogP contribution in [0.5, 0.6) is 0 Å². The lowest BCUT2D eigenvalue weighted by Gasteiger charge is -2.16. The summed E-state index contributed by atoms with van der Waals surface area (Å²) in [5.41, 5.74) is 7.72. The van der Waals surface area contributed by atoms with Crippen molar-refractivity contribution < 1.29 is 10.2 Å². The first kappa shape index (κ1) is 11.3. The maximum atomic E-state index is 9.65. The van der Waals surface area contributed by atoms with Gasteiger partial charge in [-0.25, -0.2) is 0 Å². The second kappa shape index (κ2) is 4.64. The number of aliphatic hydroxyl groups is 2. The van der Waals surface area contributed by atoms with Gasteiger partial charge >= 0.3 is 0 Å². The molecule has 0 saturated heterocycles. The van der Waals surface area contributed by atoms with Gasteiger partial charge in [-0.3, -0.25) is 0 Å². The minimum absolute atomic E-state index is 0.00495. The Balaban J connectivity index is 2.94. The molecule has 78 valence electrons. The molecular formula is C10H14ClNO2. The van der Waals surface area contributed by atoms with Crippen LogP contribution < -0.4 is 5.73 Å². The van der Waals surface area contributed by atoms with E-state index in [-0.39, 0.29) is 5.88 Å². The van der Waals surface area contributed by atoms with Crippen LogP contribution in [0.15, 0.2) is 18.2 Å². The topological polar surface area (TPSA) is 66.5 Å². The molecule has 0 radical (unpaired) electrons. The van der Waals surface area contributed by atoms with Gasteiger partial charge in [-0.05, 0) is 30.2 Å². The minimum atomic E-state index is -0.977. The molecule has 0 aliphatic carbocycles. The van der Waals surface area contributed by atoms with Gasteiger partial charge in [-0.15, -0.1) is 11.6 Å². The third-order valence-electron chi connectivity index (χ3n) is 1.99. The lowest BCUT2D eigenvalue weighted by Crippen LogP contribution is -2.19. The number of anilines is 1. The van der Waals surface area contributed by atoms with Gasteiger partial charge in [0, 0.05) is 5.69 Å². The molecule has 1 rings (SSSR count). The van der Waals surface area contributed by atoms with Crippen LogP contribution in [0.3, 0.4) is 0 Å². The molecule has 1 aromatic carbocycles. The Morgan fingerprint density at radius 1 is 1.36 bits per heavy atom. The summed E-state index contributed by atoms with van der Waals surface area (Å²) >= 11 is 5.44. The van der Waals surface area contributed by atoms with Crippen molar-refractivity contribution in [1.29, 1.82) is 0 Å². The maximum Gasteiger partial charge on any atom is 0.106 e. The Kier molecular flexibility index (Phi) is 3.75. The van der Waals surface area contributed by atoms with Crippen molar-refractivity contribution in [2.24, 2.45) is 0 Å². The first-order valence-electron chi connectivity index (χ1n) is 4.33. The van der Waals surface area contributed by atoms with E-state index in [0.717, 1.165) is 5.56 Å². The van der Waals surface area contributed by atoms with E-state index in [1.165, 1.54) is 0 Å². The molecule has 0 fully saturated rings. The van der Waals surface area contributed by atoms with Gasteiger partial charge in [0.05, 0.1) is 12.0 Å². The number of nitrogens with two attached hydrogens (primary N) is 1. The van der Waals surface area contributed by atoms with Crippen LogP contribution in [0, 0.1) is 6.92 Å². The Bertz CT molecular complexity index is 297. The quantitative estimate of drug-likeness (QED) is 0.525. The smallest absolute Gasteiger partial charge is 0.106 e. The van der Waals surface area contributed by atoms with E-state index in [0.29, 0.717) is 11.3 Å². The van der Waals surface area contributed by atoms with Gasteiger partial charge in [0.15, 0.2) is 0 Å². The van der Waals surface area contributed by atoms with Crippen molar-refractivity contribution in [2.45, 2.75) is 19.1 Å². The third kappa shape index (κ3) is 2.61. The fourth-order valence-corrected chi connectivity index (χ4v) is 1.49. The summed E-state index contributed by atoms with van der Waals surface area (Å²) < 4.78 is 0. The van der Waals surface area contributed by atoms with Gasteiger partial charge in [-0.2, -0.15) is 0 Å². The van der Waals surface area contributed by atoms with Crippen LogP contribution >= 0.6 is 11.6 Å². The van der Waals surface area contributed by atoms with Crippen molar-refractivity contribution in [3.05, 3.63) is 29.3 Å². The molecule has 4 heteroatoms. The first-order chi connectivity index (χ1) is 6.54. The summed E-state index contributed by atoms with van der Waals surface area (Å²) in [6, 6.07) is 5.20. The number of hydrogen-bond acceptors (Lipinski definition) is 3. The standard InChI is InChI=1S/C10H14ClNO2/c1-6-2-7(4-8(12)3-6)10(14)9(13)5-11/h2-4,9-10,13-14H,5,12H2,1H3. The average Bonchev–Trinajstić information content (AvgIpc) is 2.14. The molecule has 0 heterocycles. The average molecular weight is 216 g/mol. The van der Waals surface area contributed by atoms with Gasteiger partial charge in [0.1, 0.15) is 6.10 Å². The zero-order valence-electron chi connectivity index (χ0n) is 7.94. The monoisotopic (exact) mass is 215 g/mol. The number of rotatable bonds is 3. The van der Waals surface area contributed by atoms with Gasteiger partial charge in [-0.1, -0.05) is 6.07 Å². The van der Waals surface area contributed by atoms with Crippen molar-refractivity contribution in [3.8, 4) is 0 Å². The third-order valence-corrected chi connectivity index (χ3v) is 2.30. The molecule has 4 N–H and O–H groups in total. The van der Waals surface area contributed by atoms with Crippen molar-refractivity contribution in [2.75, 3.05) is 11.6 Å². The molecule has 2 atom stereocenters. The summed E-state index contributed by atoms with van der Waals surface area (Å²) in [5, 5.41) is 19.0. The summed E-state index contributed by atoms with van der Waals surface area (Å²) in [6.45, 7) is 1.87. The van der Waals surface area contributed by atoms with E-state index < -0.39 is 12.2 Å². The van der Waals surface area contributed by atoms with E-state index in [9.17, 15) is 10.2 Å². The van der Waals surface area contributed by atoms with Gasteiger partial charge < -0.3 is 15.9 Å². The van der Waals surface area contributed by atoms with E-state index in [1.807, 2.05) is 6.92 Å². The predicted octanol–water partition coefficient (Wildman–Crippen LogP) is 1.21. The lowest BCUT2D eigenvalue weighted by molar-refractivity contribution is 0.0327. The molecule has 14 heavy (non-hydrogen) atoms. The van der Waals surface area contributed by atoms with Crippen LogP contribution in [0.2, 0.25) is 0 Å². The van der Waals surface area contributed by atoms with Crippen LogP contribution in [-0.4, -0.2) is 22.2 Å². The fourth-order valence-electron chi connectivity index (χ4n) is 1.32. The number of aryl methyl sites for hydroxylation is 1. The summed E-state index contributed by atoms with van der Waals surface area (Å²) in [7, 11) is 0. The predicted molar refractivity (Wildman–Crippen MR) is 57.3 cm³/mol. The fraction of sp³-hybridized carbons (Fsp3) is 0.400. The largest absolute Gasteiger partial charge is 0.399 e. The van der Waals surface area contributed by atoms with Crippen LogP contribution in [-0.2, 0) is 0 Å². The van der Waals surface area contributed by atoms with E-state index in [2.05, 4.69) is 0 Å². The first-order valence-corrected chi connectivity index (χ1v) is 4.87. The zero-order chi connectivity index (χ0) is 10.7. The Hall–Kier alpha value is -0.770. The van der Waals surface area contributed by atoms with Crippen LogP contribution in [0.4, 0.5) is 5.69 Å². The molecule has 3 nitrogen and oxygen atoms in total. The molecule has 2 unspecified atom stereocenters. The van der Waals surface area contributed by atoms with Crippen molar-refractivity contribution in [1.82, 2.24) is 0 Å².